The minimum Gasteiger partial charge on any atom is -0.372 e. The Hall–Kier alpha value is -1.86. The van der Waals surface area contributed by atoms with Crippen molar-refractivity contribution in [2.45, 2.75) is 26.2 Å². The molecule has 1 aliphatic rings. The lowest BCUT2D eigenvalue weighted by molar-refractivity contribution is 0.0947. The van der Waals surface area contributed by atoms with Gasteiger partial charge in [-0.2, -0.15) is 5.26 Å². The van der Waals surface area contributed by atoms with Gasteiger partial charge in [0.1, 0.15) is 6.04 Å². The van der Waals surface area contributed by atoms with E-state index in [1.807, 2.05) is 18.2 Å². The van der Waals surface area contributed by atoms with Crippen molar-refractivity contribution in [1.29, 1.82) is 5.26 Å². The molecule has 1 atom stereocenters. The van der Waals surface area contributed by atoms with Gasteiger partial charge >= 0.3 is 0 Å². The summed E-state index contributed by atoms with van der Waals surface area (Å²) in [6, 6.07) is 6.96. The van der Waals surface area contributed by atoms with Crippen LogP contribution >= 0.6 is 0 Å². The maximum Gasteiger partial charge on any atom is 0.252 e. The van der Waals surface area contributed by atoms with Crippen molar-refractivity contribution in [2.75, 3.05) is 0 Å². The van der Waals surface area contributed by atoms with Crippen LogP contribution in [0.25, 0.3) is 0 Å². The molecule has 4 heteroatoms. The number of nitriles is 1. The van der Waals surface area contributed by atoms with Gasteiger partial charge in [-0.3, -0.25) is 4.79 Å². The van der Waals surface area contributed by atoms with Crippen molar-refractivity contribution in [1.82, 2.24) is 5.32 Å². The average Bonchev–Trinajstić information content (AvgIpc) is 2.75. The lowest BCUT2D eigenvalue weighted by Gasteiger charge is -2.07. The highest BCUT2D eigenvalue weighted by Gasteiger charge is 2.15. The summed E-state index contributed by atoms with van der Waals surface area (Å²) in [5.41, 5.74) is 2.76. The lowest BCUT2D eigenvalue weighted by atomic mass is 10.1. The molecule has 4 nitrogen and oxygen atoms in total. The van der Waals surface area contributed by atoms with Gasteiger partial charge in [-0.05, 0) is 30.2 Å². The van der Waals surface area contributed by atoms with E-state index in [1.165, 1.54) is 0 Å². The van der Waals surface area contributed by atoms with E-state index in [0.717, 1.165) is 11.1 Å². The summed E-state index contributed by atoms with van der Waals surface area (Å²) in [5.74, 6) is -0.219. The van der Waals surface area contributed by atoms with Crippen LogP contribution in [0.15, 0.2) is 18.2 Å². The summed E-state index contributed by atoms with van der Waals surface area (Å²) < 4.78 is 5.27. The van der Waals surface area contributed by atoms with E-state index >= 15 is 0 Å². The van der Waals surface area contributed by atoms with Crippen LogP contribution < -0.4 is 5.32 Å². The highest BCUT2D eigenvalue weighted by molar-refractivity contribution is 5.94. The number of nitrogens with one attached hydrogen (secondary N) is 1. The number of benzene rings is 1. The van der Waals surface area contributed by atoms with E-state index in [0.29, 0.717) is 18.8 Å². The van der Waals surface area contributed by atoms with E-state index < -0.39 is 6.04 Å². The van der Waals surface area contributed by atoms with E-state index in [-0.39, 0.29) is 5.91 Å². The van der Waals surface area contributed by atoms with Gasteiger partial charge in [-0.25, -0.2) is 0 Å². The Morgan fingerprint density at radius 2 is 2.25 bits per heavy atom. The van der Waals surface area contributed by atoms with Gasteiger partial charge in [-0.1, -0.05) is 6.07 Å². The Bertz CT molecular complexity index is 463. The minimum atomic E-state index is -0.475. The number of fused-ring (bicyclic) bond motifs is 1. The molecular formula is C12H12N2O2. The number of rotatable bonds is 2. The SMILES string of the molecule is CC(C#N)NC(=O)c1ccc2c(c1)COC2. The number of nitrogens with zero attached hydrogens (tertiary/aromatic N) is 1. The van der Waals surface area contributed by atoms with Crippen LogP contribution in [0, 0.1) is 11.3 Å². The predicted molar refractivity (Wildman–Crippen MR) is 57.5 cm³/mol. The zero-order valence-corrected chi connectivity index (χ0v) is 8.99. The fourth-order valence-corrected chi connectivity index (χ4v) is 1.63. The maximum atomic E-state index is 11.7. The van der Waals surface area contributed by atoms with Crippen molar-refractivity contribution in [3.63, 3.8) is 0 Å². The first kappa shape index (κ1) is 10.7. The Balaban J connectivity index is 2.16. The molecular weight excluding hydrogens is 204 g/mol. The molecule has 0 spiro atoms. The van der Waals surface area contributed by atoms with Crippen molar-refractivity contribution in [3.8, 4) is 6.07 Å². The fourth-order valence-electron chi connectivity index (χ4n) is 1.63. The van der Waals surface area contributed by atoms with Gasteiger partial charge in [0.25, 0.3) is 5.91 Å². The second kappa shape index (κ2) is 4.33. The first-order chi connectivity index (χ1) is 7.70. The number of carbonyl (C=O) groups excluding carboxylic acids is 1. The van der Waals surface area contributed by atoms with Gasteiger partial charge in [0.2, 0.25) is 0 Å². The van der Waals surface area contributed by atoms with Crippen molar-refractivity contribution >= 4 is 5.91 Å². The van der Waals surface area contributed by atoms with E-state index in [2.05, 4.69) is 5.32 Å². The normalized spacial score (nSPS) is 15.0. The van der Waals surface area contributed by atoms with Gasteiger partial charge < -0.3 is 10.1 Å². The molecule has 1 unspecified atom stereocenters. The monoisotopic (exact) mass is 216 g/mol. The first-order valence-corrected chi connectivity index (χ1v) is 5.10. The third-order valence-corrected chi connectivity index (χ3v) is 2.52. The minimum absolute atomic E-state index is 0.219. The molecule has 1 aliphatic heterocycles. The second-order valence-corrected chi connectivity index (χ2v) is 3.80. The lowest BCUT2D eigenvalue weighted by Crippen LogP contribution is -2.31. The third-order valence-electron chi connectivity index (χ3n) is 2.52. The quantitative estimate of drug-likeness (QED) is 0.811. The summed E-state index contributed by atoms with van der Waals surface area (Å²) in [6.07, 6.45) is 0. The molecule has 1 aromatic carbocycles. The van der Waals surface area contributed by atoms with Gasteiger partial charge in [-0.15, -0.1) is 0 Å². The molecule has 1 amide bonds. The maximum absolute atomic E-state index is 11.7. The Morgan fingerprint density at radius 1 is 1.50 bits per heavy atom. The highest BCUT2D eigenvalue weighted by atomic mass is 16.5. The van der Waals surface area contributed by atoms with Gasteiger partial charge in [0, 0.05) is 5.56 Å². The number of ether oxygens (including phenoxy) is 1. The van der Waals surface area contributed by atoms with Crippen molar-refractivity contribution in [3.05, 3.63) is 34.9 Å². The molecule has 0 radical (unpaired) electrons. The van der Waals surface area contributed by atoms with Crippen LogP contribution in [-0.4, -0.2) is 11.9 Å². The van der Waals surface area contributed by atoms with Crippen molar-refractivity contribution in [2.24, 2.45) is 0 Å². The molecule has 0 saturated heterocycles. The van der Waals surface area contributed by atoms with Gasteiger partial charge in [0.15, 0.2) is 0 Å². The molecule has 0 saturated carbocycles. The van der Waals surface area contributed by atoms with Crippen LogP contribution in [0.1, 0.15) is 28.4 Å². The second-order valence-electron chi connectivity index (χ2n) is 3.80. The topological polar surface area (TPSA) is 62.1 Å². The Morgan fingerprint density at radius 3 is 3.00 bits per heavy atom. The van der Waals surface area contributed by atoms with Gasteiger partial charge in [0.05, 0.1) is 19.3 Å². The summed E-state index contributed by atoms with van der Waals surface area (Å²) >= 11 is 0. The Kier molecular flexibility index (Phi) is 2.88. The number of hydrogen-bond acceptors (Lipinski definition) is 3. The van der Waals surface area contributed by atoms with E-state index in [9.17, 15) is 4.79 Å². The molecule has 1 N–H and O–H groups in total. The molecule has 0 fully saturated rings. The fraction of sp³-hybridized carbons (Fsp3) is 0.333. The molecule has 2 rings (SSSR count). The number of carbonyl (C=O) groups is 1. The first-order valence-electron chi connectivity index (χ1n) is 5.10. The predicted octanol–water partition coefficient (Wildman–Crippen LogP) is 1.36. The summed E-state index contributed by atoms with van der Waals surface area (Å²) in [4.78, 5) is 11.7. The number of hydrogen-bond donors (Lipinski definition) is 1. The Labute approximate surface area is 93.8 Å². The molecule has 0 aliphatic carbocycles. The summed E-state index contributed by atoms with van der Waals surface area (Å²) in [6.45, 7) is 2.82. The third kappa shape index (κ3) is 2.05. The standard InChI is InChI=1S/C12H12N2O2/c1-8(5-13)14-12(15)9-2-3-10-6-16-7-11(10)4-9/h2-4,8H,6-7H2,1H3,(H,14,15). The molecule has 1 heterocycles. The summed E-state index contributed by atoms with van der Waals surface area (Å²) in [5, 5.41) is 11.2. The molecule has 0 aromatic heterocycles. The van der Waals surface area contributed by atoms with E-state index in [4.69, 9.17) is 10.00 Å². The van der Waals surface area contributed by atoms with Crippen LogP contribution in [-0.2, 0) is 18.0 Å². The zero-order valence-electron chi connectivity index (χ0n) is 8.99. The average molecular weight is 216 g/mol. The number of amides is 1. The smallest absolute Gasteiger partial charge is 0.252 e. The summed E-state index contributed by atoms with van der Waals surface area (Å²) in [7, 11) is 0. The molecule has 16 heavy (non-hydrogen) atoms. The van der Waals surface area contributed by atoms with Crippen LogP contribution in [0.3, 0.4) is 0 Å². The van der Waals surface area contributed by atoms with Crippen LogP contribution in [0.4, 0.5) is 0 Å². The van der Waals surface area contributed by atoms with Crippen LogP contribution in [0.2, 0.25) is 0 Å². The molecule has 82 valence electrons. The largest absolute Gasteiger partial charge is 0.372 e. The van der Waals surface area contributed by atoms with E-state index in [1.54, 1.807) is 13.0 Å². The van der Waals surface area contributed by atoms with Crippen LogP contribution in [0.5, 0.6) is 0 Å². The van der Waals surface area contributed by atoms with Crippen molar-refractivity contribution < 1.29 is 9.53 Å². The zero-order chi connectivity index (χ0) is 11.5. The molecule has 1 aromatic rings. The molecule has 0 bridgehead atoms. The highest BCUT2D eigenvalue weighted by Crippen LogP contribution is 2.20.